The SMILES string of the molecule is CC/C=C\C/C=C\C/C=C\C/C=C\C/C=C\C/C=C\CCCCCCCCCCCCC(=O)OCC(COC(=O)CCCCCCC)OC(=O)CCCCCCC/C=C\C/C=C\CCCCC. The smallest absolute Gasteiger partial charge is 0.306 e. The molecule has 0 aliphatic rings. The van der Waals surface area contributed by atoms with Gasteiger partial charge in [-0.05, 0) is 103 Å². The van der Waals surface area contributed by atoms with Gasteiger partial charge in [0.05, 0.1) is 0 Å². The maximum absolute atomic E-state index is 12.7. The van der Waals surface area contributed by atoms with Crippen molar-refractivity contribution in [3.05, 3.63) is 97.2 Å². The fraction of sp³-hybridized carbons (Fsp3) is 0.689. The summed E-state index contributed by atoms with van der Waals surface area (Å²) < 4.78 is 16.7. The summed E-state index contributed by atoms with van der Waals surface area (Å²) in [5, 5.41) is 0. The summed E-state index contributed by atoms with van der Waals surface area (Å²) >= 11 is 0. The van der Waals surface area contributed by atoms with Gasteiger partial charge < -0.3 is 14.2 Å². The number of hydrogen-bond acceptors (Lipinski definition) is 6. The Bertz CT molecular complexity index is 1350. The first-order chi connectivity index (χ1) is 33.0. The largest absolute Gasteiger partial charge is 0.462 e. The molecule has 0 fully saturated rings. The summed E-state index contributed by atoms with van der Waals surface area (Å²) in [5.74, 6) is -0.918. The molecule has 6 heteroatoms. The van der Waals surface area contributed by atoms with E-state index in [1.165, 1.54) is 83.5 Å². The third kappa shape index (κ3) is 53.2. The maximum atomic E-state index is 12.7. The second kappa shape index (κ2) is 54.9. The number of allylic oxidation sites excluding steroid dienone is 16. The van der Waals surface area contributed by atoms with Gasteiger partial charge in [-0.15, -0.1) is 0 Å². The molecule has 0 radical (unpaired) electrons. The maximum Gasteiger partial charge on any atom is 0.306 e. The molecule has 0 aromatic carbocycles. The van der Waals surface area contributed by atoms with Crippen molar-refractivity contribution in [2.75, 3.05) is 13.2 Å². The van der Waals surface area contributed by atoms with Gasteiger partial charge in [-0.1, -0.05) is 227 Å². The molecule has 0 aliphatic carbocycles. The molecule has 0 N–H and O–H groups in total. The first kappa shape index (κ1) is 63.3. The van der Waals surface area contributed by atoms with Crippen molar-refractivity contribution >= 4 is 17.9 Å². The fourth-order valence-electron chi connectivity index (χ4n) is 7.42. The van der Waals surface area contributed by atoms with Crippen molar-refractivity contribution in [3.8, 4) is 0 Å². The second-order valence-corrected chi connectivity index (χ2v) is 18.1. The fourth-order valence-corrected chi connectivity index (χ4v) is 7.42. The van der Waals surface area contributed by atoms with Gasteiger partial charge in [-0.3, -0.25) is 14.4 Å². The van der Waals surface area contributed by atoms with Crippen LogP contribution in [0.15, 0.2) is 97.2 Å². The quantitative estimate of drug-likeness (QED) is 0.0262. The zero-order valence-electron chi connectivity index (χ0n) is 43.6. The molecule has 0 saturated heterocycles. The van der Waals surface area contributed by atoms with E-state index in [0.29, 0.717) is 19.3 Å². The molecule has 0 aliphatic heterocycles. The molecule has 0 amide bonds. The molecule has 0 heterocycles. The highest BCUT2D eigenvalue weighted by atomic mass is 16.6. The van der Waals surface area contributed by atoms with Gasteiger partial charge in [0.2, 0.25) is 0 Å². The van der Waals surface area contributed by atoms with Gasteiger partial charge in [-0.25, -0.2) is 0 Å². The Balaban J connectivity index is 4.09. The van der Waals surface area contributed by atoms with E-state index >= 15 is 0 Å². The Morgan fingerprint density at radius 2 is 0.582 bits per heavy atom. The van der Waals surface area contributed by atoms with Crippen LogP contribution in [0, 0.1) is 0 Å². The number of hydrogen-bond donors (Lipinski definition) is 0. The molecule has 0 aromatic rings. The predicted molar refractivity (Wildman–Crippen MR) is 288 cm³/mol. The molecule has 382 valence electrons. The highest BCUT2D eigenvalue weighted by Crippen LogP contribution is 2.14. The number of esters is 3. The van der Waals surface area contributed by atoms with Crippen LogP contribution < -0.4 is 0 Å². The monoisotopic (exact) mass is 931 g/mol. The molecule has 0 spiro atoms. The Morgan fingerprint density at radius 3 is 0.940 bits per heavy atom. The Hall–Kier alpha value is -3.67. The van der Waals surface area contributed by atoms with Crippen LogP contribution in [0.5, 0.6) is 0 Å². The first-order valence-corrected chi connectivity index (χ1v) is 27.7. The Morgan fingerprint density at radius 1 is 0.313 bits per heavy atom. The van der Waals surface area contributed by atoms with E-state index in [2.05, 4.69) is 118 Å². The number of ether oxygens (including phenoxy) is 3. The number of unbranched alkanes of at least 4 members (excludes halogenated alkanes) is 22. The Labute approximate surface area is 413 Å². The van der Waals surface area contributed by atoms with Crippen molar-refractivity contribution in [2.45, 2.75) is 258 Å². The van der Waals surface area contributed by atoms with Gasteiger partial charge in [0, 0.05) is 19.3 Å². The van der Waals surface area contributed by atoms with Crippen molar-refractivity contribution < 1.29 is 28.6 Å². The second-order valence-electron chi connectivity index (χ2n) is 18.1. The van der Waals surface area contributed by atoms with Gasteiger partial charge in [0.15, 0.2) is 6.10 Å². The summed E-state index contributed by atoms with van der Waals surface area (Å²) in [5.41, 5.74) is 0. The lowest BCUT2D eigenvalue weighted by Crippen LogP contribution is -2.30. The summed E-state index contributed by atoms with van der Waals surface area (Å²) in [7, 11) is 0. The van der Waals surface area contributed by atoms with E-state index < -0.39 is 6.10 Å². The lowest BCUT2D eigenvalue weighted by atomic mass is 10.1. The number of carbonyl (C=O) groups is 3. The standard InChI is InChI=1S/C61H102O6/c1-4-7-10-13-15-17-19-21-23-24-25-26-27-28-29-30-31-32-33-34-35-36-38-39-41-43-45-48-51-54-60(63)66-57-58(56-65-59(62)53-50-47-12-9-6-3)67-61(64)55-52-49-46-44-42-40-37-22-20-18-16-14-11-8-5-2/h7,10,15-18,21-23,25-26,28-29,31-32,37,58H,4-6,8-9,11-14,19-20,24,27,30,33-36,38-57H2,1-3H3/b10-7-,17-15-,18-16-,23-21-,26-25-,29-28-,32-31-,37-22-. The zero-order valence-corrected chi connectivity index (χ0v) is 43.6. The minimum atomic E-state index is -0.782. The normalized spacial score (nSPS) is 12.8. The first-order valence-electron chi connectivity index (χ1n) is 27.7. The molecule has 0 rings (SSSR count). The van der Waals surface area contributed by atoms with Gasteiger partial charge >= 0.3 is 17.9 Å². The van der Waals surface area contributed by atoms with Crippen LogP contribution in [-0.4, -0.2) is 37.2 Å². The third-order valence-electron chi connectivity index (χ3n) is 11.6. The third-order valence-corrected chi connectivity index (χ3v) is 11.6. The summed E-state index contributed by atoms with van der Waals surface area (Å²) in [6.45, 7) is 6.39. The lowest BCUT2D eigenvalue weighted by Gasteiger charge is -2.18. The van der Waals surface area contributed by atoms with E-state index in [1.807, 2.05) is 0 Å². The molecule has 1 unspecified atom stereocenters. The molecular formula is C61H102O6. The average Bonchev–Trinajstić information content (AvgIpc) is 3.33. The molecule has 67 heavy (non-hydrogen) atoms. The molecular weight excluding hydrogens is 829 g/mol. The molecule has 0 aromatic heterocycles. The summed E-state index contributed by atoms with van der Waals surface area (Å²) in [6, 6.07) is 0. The van der Waals surface area contributed by atoms with Gasteiger partial charge in [0.25, 0.3) is 0 Å². The molecule has 6 nitrogen and oxygen atoms in total. The van der Waals surface area contributed by atoms with Gasteiger partial charge in [0.1, 0.15) is 13.2 Å². The highest BCUT2D eigenvalue weighted by Gasteiger charge is 2.19. The minimum absolute atomic E-state index is 0.0849. The lowest BCUT2D eigenvalue weighted by molar-refractivity contribution is -0.167. The van der Waals surface area contributed by atoms with Crippen molar-refractivity contribution in [1.82, 2.24) is 0 Å². The van der Waals surface area contributed by atoms with Crippen LogP contribution in [0.1, 0.15) is 252 Å². The summed E-state index contributed by atoms with van der Waals surface area (Å²) in [6.07, 6.45) is 73.0. The van der Waals surface area contributed by atoms with Crippen molar-refractivity contribution in [2.24, 2.45) is 0 Å². The topological polar surface area (TPSA) is 78.9 Å². The predicted octanol–water partition coefficient (Wildman–Crippen LogP) is 18.5. The van der Waals surface area contributed by atoms with Crippen LogP contribution in [0.4, 0.5) is 0 Å². The van der Waals surface area contributed by atoms with Gasteiger partial charge in [-0.2, -0.15) is 0 Å². The summed E-state index contributed by atoms with van der Waals surface area (Å²) in [4.78, 5) is 37.7. The van der Waals surface area contributed by atoms with E-state index in [-0.39, 0.29) is 31.1 Å². The molecule has 1 atom stereocenters. The Kier molecular flexibility index (Phi) is 51.9. The van der Waals surface area contributed by atoms with E-state index in [9.17, 15) is 14.4 Å². The van der Waals surface area contributed by atoms with Crippen LogP contribution in [0.25, 0.3) is 0 Å². The van der Waals surface area contributed by atoms with Crippen LogP contribution in [-0.2, 0) is 28.6 Å². The average molecular weight is 931 g/mol. The van der Waals surface area contributed by atoms with Crippen LogP contribution in [0.3, 0.4) is 0 Å². The molecule has 0 saturated carbocycles. The number of rotatable bonds is 49. The van der Waals surface area contributed by atoms with Crippen molar-refractivity contribution in [1.29, 1.82) is 0 Å². The van der Waals surface area contributed by atoms with E-state index in [4.69, 9.17) is 14.2 Å². The zero-order chi connectivity index (χ0) is 48.6. The number of carbonyl (C=O) groups excluding carboxylic acids is 3. The van der Waals surface area contributed by atoms with Crippen molar-refractivity contribution in [3.63, 3.8) is 0 Å². The van der Waals surface area contributed by atoms with E-state index in [1.54, 1.807) is 0 Å². The van der Waals surface area contributed by atoms with Crippen LogP contribution >= 0.6 is 0 Å². The van der Waals surface area contributed by atoms with Crippen LogP contribution in [0.2, 0.25) is 0 Å². The minimum Gasteiger partial charge on any atom is -0.462 e. The van der Waals surface area contributed by atoms with E-state index in [0.717, 1.165) is 128 Å². The molecule has 0 bridgehead atoms. The highest BCUT2D eigenvalue weighted by molar-refractivity contribution is 5.71.